The molecule has 0 radical (unpaired) electrons. The molecular weight excluding hydrogens is 252 g/mol. The Hall–Kier alpha value is -1.40. The number of amides is 1. The molecule has 0 unspecified atom stereocenters. The minimum atomic E-state index is -3.25. The maximum atomic E-state index is 11.6. The van der Waals surface area contributed by atoms with Crippen LogP contribution in [0.25, 0.3) is 0 Å². The van der Waals surface area contributed by atoms with E-state index in [-0.39, 0.29) is 10.8 Å². The summed E-state index contributed by atoms with van der Waals surface area (Å²) < 4.78 is 22.7. The SMILES string of the molecule is CN(C)CCC(=O)Nc1cccc(S(C)(=O)=O)c1. The average molecular weight is 270 g/mol. The molecule has 0 aliphatic rings. The highest BCUT2D eigenvalue weighted by Gasteiger charge is 2.09. The highest BCUT2D eigenvalue weighted by atomic mass is 32.2. The van der Waals surface area contributed by atoms with Crippen LogP contribution in [-0.2, 0) is 14.6 Å². The summed E-state index contributed by atoms with van der Waals surface area (Å²) in [4.78, 5) is 13.7. The molecule has 5 nitrogen and oxygen atoms in total. The van der Waals surface area contributed by atoms with Crippen LogP contribution in [0, 0.1) is 0 Å². The first-order valence-electron chi connectivity index (χ1n) is 5.54. The molecule has 0 aliphatic carbocycles. The number of carbonyl (C=O) groups excluding carboxylic acids is 1. The Morgan fingerprint density at radius 3 is 2.56 bits per heavy atom. The van der Waals surface area contributed by atoms with E-state index in [2.05, 4.69) is 5.32 Å². The number of hydrogen-bond acceptors (Lipinski definition) is 4. The van der Waals surface area contributed by atoms with Crippen molar-refractivity contribution in [3.05, 3.63) is 24.3 Å². The molecule has 1 aromatic carbocycles. The molecule has 0 saturated heterocycles. The average Bonchev–Trinajstić information content (AvgIpc) is 2.25. The minimum Gasteiger partial charge on any atom is -0.326 e. The Morgan fingerprint density at radius 2 is 2.00 bits per heavy atom. The number of nitrogens with zero attached hydrogens (tertiary/aromatic N) is 1. The van der Waals surface area contributed by atoms with Crippen LogP contribution in [-0.4, -0.2) is 46.1 Å². The van der Waals surface area contributed by atoms with Crippen LogP contribution in [0.4, 0.5) is 5.69 Å². The largest absolute Gasteiger partial charge is 0.326 e. The summed E-state index contributed by atoms with van der Waals surface area (Å²) in [5.41, 5.74) is 0.502. The fourth-order valence-electron chi connectivity index (χ4n) is 1.35. The number of benzene rings is 1. The van der Waals surface area contributed by atoms with E-state index in [1.807, 2.05) is 19.0 Å². The molecule has 100 valence electrons. The Bertz CT molecular complexity index is 524. The van der Waals surface area contributed by atoms with Gasteiger partial charge in [0.2, 0.25) is 5.91 Å². The van der Waals surface area contributed by atoms with E-state index in [1.165, 1.54) is 12.1 Å². The number of hydrogen-bond donors (Lipinski definition) is 1. The van der Waals surface area contributed by atoms with E-state index in [9.17, 15) is 13.2 Å². The summed E-state index contributed by atoms with van der Waals surface area (Å²) in [5, 5.41) is 2.68. The lowest BCUT2D eigenvalue weighted by Crippen LogP contribution is -2.20. The Labute approximate surface area is 108 Å². The molecule has 1 aromatic rings. The fourth-order valence-corrected chi connectivity index (χ4v) is 2.02. The number of rotatable bonds is 5. The van der Waals surface area contributed by atoms with Crippen molar-refractivity contribution in [3.63, 3.8) is 0 Å². The standard InChI is InChI=1S/C12H18N2O3S/c1-14(2)8-7-12(15)13-10-5-4-6-11(9-10)18(3,16)17/h4-6,9H,7-8H2,1-3H3,(H,13,15). The number of nitrogens with one attached hydrogen (secondary N) is 1. The van der Waals surface area contributed by atoms with Gasteiger partial charge in [0.25, 0.3) is 0 Å². The topological polar surface area (TPSA) is 66.5 Å². The first kappa shape index (κ1) is 14.7. The number of anilines is 1. The Kier molecular flexibility index (Phi) is 4.86. The van der Waals surface area contributed by atoms with Gasteiger partial charge in [-0.3, -0.25) is 4.79 Å². The van der Waals surface area contributed by atoms with Gasteiger partial charge < -0.3 is 10.2 Å². The van der Waals surface area contributed by atoms with E-state index in [1.54, 1.807) is 12.1 Å². The van der Waals surface area contributed by atoms with Crippen LogP contribution in [0.15, 0.2) is 29.2 Å². The lowest BCUT2D eigenvalue weighted by Gasteiger charge is -2.10. The van der Waals surface area contributed by atoms with Crippen LogP contribution < -0.4 is 5.32 Å². The fraction of sp³-hybridized carbons (Fsp3) is 0.417. The van der Waals surface area contributed by atoms with Gasteiger partial charge in [-0.25, -0.2) is 8.42 Å². The molecule has 0 atom stereocenters. The van der Waals surface area contributed by atoms with Gasteiger partial charge in [0.1, 0.15) is 0 Å². The molecule has 0 fully saturated rings. The Balaban J connectivity index is 2.71. The predicted octanol–water partition coefficient (Wildman–Crippen LogP) is 0.980. The maximum absolute atomic E-state index is 11.6. The summed E-state index contributed by atoms with van der Waals surface area (Å²) in [6.45, 7) is 0.650. The van der Waals surface area contributed by atoms with Gasteiger partial charge in [-0.2, -0.15) is 0 Å². The van der Waals surface area contributed by atoms with Crippen LogP contribution in [0.2, 0.25) is 0 Å². The molecular formula is C12H18N2O3S. The van der Waals surface area contributed by atoms with Crippen molar-refractivity contribution < 1.29 is 13.2 Å². The molecule has 6 heteroatoms. The van der Waals surface area contributed by atoms with Gasteiger partial charge in [-0.1, -0.05) is 6.07 Å². The first-order valence-corrected chi connectivity index (χ1v) is 7.43. The van der Waals surface area contributed by atoms with E-state index >= 15 is 0 Å². The zero-order valence-electron chi connectivity index (χ0n) is 10.8. The highest BCUT2D eigenvalue weighted by Crippen LogP contribution is 2.15. The second kappa shape index (κ2) is 5.97. The molecule has 1 rings (SSSR count). The van der Waals surface area contributed by atoms with Crippen molar-refractivity contribution in [1.82, 2.24) is 4.90 Å². The van der Waals surface area contributed by atoms with Crippen LogP contribution >= 0.6 is 0 Å². The summed E-state index contributed by atoms with van der Waals surface area (Å²) in [6.07, 6.45) is 1.51. The lowest BCUT2D eigenvalue weighted by molar-refractivity contribution is -0.116. The van der Waals surface area contributed by atoms with Gasteiger partial charge in [0.05, 0.1) is 4.90 Å². The minimum absolute atomic E-state index is 0.130. The normalized spacial score (nSPS) is 11.6. The van der Waals surface area contributed by atoms with Gasteiger partial charge in [0, 0.05) is 24.9 Å². The molecule has 0 saturated carbocycles. The molecule has 0 aliphatic heterocycles. The van der Waals surface area contributed by atoms with Gasteiger partial charge in [-0.05, 0) is 32.3 Å². The molecule has 1 N–H and O–H groups in total. The molecule has 1 amide bonds. The smallest absolute Gasteiger partial charge is 0.225 e. The zero-order valence-corrected chi connectivity index (χ0v) is 11.6. The van der Waals surface area contributed by atoms with Crippen molar-refractivity contribution in [2.24, 2.45) is 0 Å². The first-order chi connectivity index (χ1) is 8.29. The van der Waals surface area contributed by atoms with Gasteiger partial charge >= 0.3 is 0 Å². The molecule has 18 heavy (non-hydrogen) atoms. The Morgan fingerprint density at radius 1 is 1.33 bits per heavy atom. The predicted molar refractivity (Wildman–Crippen MR) is 71.4 cm³/mol. The van der Waals surface area contributed by atoms with E-state index in [0.29, 0.717) is 18.7 Å². The summed E-state index contributed by atoms with van der Waals surface area (Å²) in [5.74, 6) is -0.130. The number of carbonyl (C=O) groups is 1. The van der Waals surface area contributed by atoms with Crippen molar-refractivity contribution in [2.75, 3.05) is 32.2 Å². The van der Waals surface area contributed by atoms with Crippen molar-refractivity contribution in [1.29, 1.82) is 0 Å². The molecule has 0 aromatic heterocycles. The third kappa shape index (κ3) is 4.85. The zero-order chi connectivity index (χ0) is 13.8. The van der Waals surface area contributed by atoms with E-state index in [0.717, 1.165) is 6.26 Å². The monoisotopic (exact) mass is 270 g/mol. The molecule has 0 heterocycles. The number of sulfone groups is 1. The quantitative estimate of drug-likeness (QED) is 0.866. The summed E-state index contributed by atoms with van der Waals surface area (Å²) in [7, 11) is 0.527. The molecule has 0 spiro atoms. The van der Waals surface area contributed by atoms with Gasteiger partial charge in [0.15, 0.2) is 9.84 Å². The third-order valence-electron chi connectivity index (χ3n) is 2.33. The van der Waals surface area contributed by atoms with Gasteiger partial charge in [-0.15, -0.1) is 0 Å². The van der Waals surface area contributed by atoms with Crippen molar-refractivity contribution in [3.8, 4) is 0 Å². The highest BCUT2D eigenvalue weighted by molar-refractivity contribution is 7.90. The second-order valence-corrected chi connectivity index (χ2v) is 6.42. The summed E-state index contributed by atoms with van der Waals surface area (Å²) in [6, 6.07) is 6.24. The summed E-state index contributed by atoms with van der Waals surface area (Å²) >= 11 is 0. The van der Waals surface area contributed by atoms with Crippen LogP contribution in [0.5, 0.6) is 0 Å². The van der Waals surface area contributed by atoms with Crippen LogP contribution in [0.1, 0.15) is 6.42 Å². The second-order valence-electron chi connectivity index (χ2n) is 4.40. The van der Waals surface area contributed by atoms with E-state index < -0.39 is 9.84 Å². The third-order valence-corrected chi connectivity index (χ3v) is 3.44. The molecule has 0 bridgehead atoms. The van der Waals surface area contributed by atoms with E-state index in [4.69, 9.17) is 0 Å². The lowest BCUT2D eigenvalue weighted by atomic mass is 10.3. The van der Waals surface area contributed by atoms with Crippen molar-refractivity contribution in [2.45, 2.75) is 11.3 Å². The maximum Gasteiger partial charge on any atom is 0.225 e. The van der Waals surface area contributed by atoms with Crippen LogP contribution in [0.3, 0.4) is 0 Å². The van der Waals surface area contributed by atoms with Crippen molar-refractivity contribution >= 4 is 21.4 Å².